The maximum absolute atomic E-state index is 12.1. The van der Waals surface area contributed by atoms with Crippen LogP contribution in [0.5, 0.6) is 5.75 Å². The van der Waals surface area contributed by atoms with E-state index in [0.717, 1.165) is 0 Å². The van der Waals surface area contributed by atoms with Gasteiger partial charge in [-0.05, 0) is 38.1 Å². The minimum atomic E-state index is -5.57. The zero-order valence-corrected chi connectivity index (χ0v) is 12.8. The minimum Gasteiger partial charge on any atom is -0.488 e. The number of rotatable bonds is 6. The van der Waals surface area contributed by atoms with E-state index in [0.29, 0.717) is 10.8 Å². The van der Waals surface area contributed by atoms with E-state index in [1.807, 2.05) is 0 Å². The molecule has 0 aliphatic rings. The van der Waals surface area contributed by atoms with Crippen molar-refractivity contribution in [3.8, 4) is 5.75 Å². The van der Waals surface area contributed by atoms with E-state index < -0.39 is 27.8 Å². The summed E-state index contributed by atoms with van der Waals surface area (Å²) < 4.78 is 67.2. The van der Waals surface area contributed by atoms with Crippen LogP contribution in [0, 0.1) is 0 Å². The number of alkyl halides is 3. The molecule has 0 fully saturated rings. The lowest BCUT2D eigenvalue weighted by Gasteiger charge is -2.26. The number of halogens is 4. The van der Waals surface area contributed by atoms with Gasteiger partial charge in [0.1, 0.15) is 11.4 Å². The minimum absolute atomic E-state index is 0.0507. The summed E-state index contributed by atoms with van der Waals surface area (Å²) in [5.41, 5.74) is -6.33. The van der Waals surface area contributed by atoms with Gasteiger partial charge in [-0.2, -0.15) is 21.6 Å². The molecule has 1 aromatic rings. The van der Waals surface area contributed by atoms with E-state index >= 15 is 0 Å². The Labute approximate surface area is 125 Å². The highest BCUT2D eigenvalue weighted by molar-refractivity contribution is 7.87. The number of hydrogen-bond donors (Lipinski definition) is 0. The van der Waals surface area contributed by atoms with Crippen LogP contribution >= 0.6 is 11.6 Å². The fourth-order valence-corrected chi connectivity index (χ4v) is 1.90. The average Bonchev–Trinajstić information content (AvgIpc) is 2.30. The second-order valence-corrected chi connectivity index (χ2v) is 6.83. The molecule has 0 radical (unpaired) electrons. The Morgan fingerprint density at radius 2 is 1.67 bits per heavy atom. The molecule has 0 aliphatic carbocycles. The molecule has 0 saturated carbocycles. The van der Waals surface area contributed by atoms with Crippen LogP contribution in [0.2, 0.25) is 5.02 Å². The first-order valence-electron chi connectivity index (χ1n) is 5.83. The fraction of sp³-hybridized carbons (Fsp3) is 0.500. The zero-order valence-electron chi connectivity index (χ0n) is 11.3. The monoisotopic (exact) mass is 346 g/mol. The van der Waals surface area contributed by atoms with Crippen molar-refractivity contribution < 1.29 is 30.5 Å². The van der Waals surface area contributed by atoms with Gasteiger partial charge in [-0.1, -0.05) is 11.6 Å². The maximum atomic E-state index is 12.1. The first-order chi connectivity index (χ1) is 9.43. The van der Waals surface area contributed by atoms with Gasteiger partial charge in [0.25, 0.3) is 0 Å². The van der Waals surface area contributed by atoms with Crippen molar-refractivity contribution in [2.75, 3.05) is 6.61 Å². The van der Waals surface area contributed by atoms with E-state index in [4.69, 9.17) is 16.3 Å². The summed E-state index contributed by atoms with van der Waals surface area (Å²) in [4.78, 5) is 0. The van der Waals surface area contributed by atoms with Gasteiger partial charge in [0.05, 0.1) is 6.61 Å². The van der Waals surface area contributed by atoms with Crippen LogP contribution in [0.4, 0.5) is 13.2 Å². The molecule has 1 aromatic carbocycles. The third kappa shape index (κ3) is 5.72. The molecular weight excluding hydrogens is 333 g/mol. The van der Waals surface area contributed by atoms with Crippen LogP contribution in [0.25, 0.3) is 0 Å². The molecular formula is C12H14ClF3O4S. The molecule has 0 saturated heterocycles. The molecule has 9 heteroatoms. The quantitative estimate of drug-likeness (QED) is 0.581. The lowest BCUT2D eigenvalue weighted by molar-refractivity contribution is -0.0553. The SMILES string of the molecule is CC(C)(CCOS(=O)(=O)C(F)(F)F)Oc1ccc(Cl)cc1. The van der Waals surface area contributed by atoms with E-state index in [1.54, 1.807) is 38.1 Å². The number of hydrogen-bond acceptors (Lipinski definition) is 4. The first-order valence-corrected chi connectivity index (χ1v) is 7.62. The summed E-state index contributed by atoms with van der Waals surface area (Å²) in [7, 11) is -5.57. The summed E-state index contributed by atoms with van der Waals surface area (Å²) in [6, 6.07) is 6.38. The molecule has 1 rings (SSSR count). The Bertz CT molecular complexity index is 567. The Kier molecular flexibility index (Phi) is 5.51. The molecule has 0 spiro atoms. The molecule has 0 unspecified atom stereocenters. The van der Waals surface area contributed by atoms with Gasteiger partial charge in [-0.15, -0.1) is 0 Å². The van der Waals surface area contributed by atoms with Gasteiger partial charge in [0.15, 0.2) is 0 Å². The lowest BCUT2D eigenvalue weighted by Crippen LogP contribution is -2.32. The van der Waals surface area contributed by atoms with Gasteiger partial charge >= 0.3 is 15.6 Å². The Hall–Kier alpha value is -0.990. The maximum Gasteiger partial charge on any atom is 0.523 e. The normalized spacial score (nSPS) is 13.2. The van der Waals surface area contributed by atoms with E-state index in [-0.39, 0.29) is 6.42 Å². The predicted octanol–water partition coefficient (Wildman–Crippen LogP) is 3.75. The Morgan fingerprint density at radius 1 is 1.14 bits per heavy atom. The molecule has 0 heterocycles. The van der Waals surface area contributed by atoms with E-state index in [9.17, 15) is 21.6 Å². The molecule has 0 atom stereocenters. The van der Waals surface area contributed by atoms with Crippen LogP contribution in [-0.4, -0.2) is 26.1 Å². The molecule has 0 aromatic heterocycles. The van der Waals surface area contributed by atoms with Crippen LogP contribution in [0.15, 0.2) is 24.3 Å². The van der Waals surface area contributed by atoms with Gasteiger partial charge in [0, 0.05) is 11.4 Å². The third-order valence-electron chi connectivity index (χ3n) is 2.43. The van der Waals surface area contributed by atoms with Crippen molar-refractivity contribution in [3.05, 3.63) is 29.3 Å². The molecule has 0 bridgehead atoms. The van der Waals surface area contributed by atoms with Crippen molar-refractivity contribution in [2.45, 2.75) is 31.4 Å². The summed E-state index contributed by atoms with van der Waals surface area (Å²) >= 11 is 5.71. The zero-order chi connectivity index (χ0) is 16.3. The highest BCUT2D eigenvalue weighted by Crippen LogP contribution is 2.26. The van der Waals surface area contributed by atoms with E-state index in [1.165, 1.54) is 0 Å². The highest BCUT2D eigenvalue weighted by Gasteiger charge is 2.47. The highest BCUT2D eigenvalue weighted by atomic mass is 35.5. The summed E-state index contributed by atoms with van der Waals surface area (Å²) in [5, 5.41) is 0.514. The van der Waals surface area contributed by atoms with Crippen LogP contribution in [-0.2, 0) is 14.3 Å². The average molecular weight is 347 g/mol. The van der Waals surface area contributed by atoms with Crippen molar-refractivity contribution in [3.63, 3.8) is 0 Å². The predicted molar refractivity (Wildman–Crippen MR) is 71.7 cm³/mol. The van der Waals surface area contributed by atoms with Gasteiger partial charge < -0.3 is 4.74 Å². The second-order valence-electron chi connectivity index (χ2n) is 4.79. The van der Waals surface area contributed by atoms with Gasteiger partial charge in [-0.3, -0.25) is 4.18 Å². The van der Waals surface area contributed by atoms with Crippen LogP contribution < -0.4 is 4.74 Å². The first kappa shape index (κ1) is 18.1. The van der Waals surface area contributed by atoms with Crippen molar-refractivity contribution in [1.29, 1.82) is 0 Å². The Balaban J connectivity index is 2.56. The Morgan fingerprint density at radius 3 is 2.14 bits per heavy atom. The topological polar surface area (TPSA) is 52.6 Å². The van der Waals surface area contributed by atoms with Gasteiger partial charge in [0.2, 0.25) is 0 Å². The van der Waals surface area contributed by atoms with Gasteiger partial charge in [-0.25, -0.2) is 0 Å². The van der Waals surface area contributed by atoms with Crippen molar-refractivity contribution in [1.82, 2.24) is 0 Å². The lowest BCUT2D eigenvalue weighted by atomic mass is 10.1. The third-order valence-corrected chi connectivity index (χ3v) is 3.73. The molecule has 0 aliphatic heterocycles. The standard InChI is InChI=1S/C12H14ClF3O4S/c1-11(2,20-10-5-3-9(13)4-6-10)7-8-19-21(17,18)12(14,15)16/h3-6H,7-8H2,1-2H3. The molecule has 21 heavy (non-hydrogen) atoms. The van der Waals surface area contributed by atoms with E-state index in [2.05, 4.69) is 4.18 Å². The summed E-state index contributed by atoms with van der Waals surface area (Å²) in [6.45, 7) is 2.57. The van der Waals surface area contributed by atoms with Crippen molar-refractivity contribution in [2.24, 2.45) is 0 Å². The smallest absolute Gasteiger partial charge is 0.488 e. The molecule has 4 nitrogen and oxygen atoms in total. The number of benzene rings is 1. The van der Waals surface area contributed by atoms with Crippen LogP contribution in [0.1, 0.15) is 20.3 Å². The fourth-order valence-electron chi connectivity index (χ4n) is 1.34. The number of ether oxygens (including phenoxy) is 1. The molecule has 120 valence electrons. The summed E-state index contributed by atoms with van der Waals surface area (Å²) in [5.74, 6) is 0.461. The molecule has 0 amide bonds. The van der Waals surface area contributed by atoms with Crippen LogP contribution in [0.3, 0.4) is 0 Å². The summed E-state index contributed by atoms with van der Waals surface area (Å²) in [6.07, 6.45) is -0.0507. The van der Waals surface area contributed by atoms with Crippen molar-refractivity contribution >= 4 is 21.7 Å². The largest absolute Gasteiger partial charge is 0.523 e. The molecule has 0 N–H and O–H groups in total. The second kappa shape index (κ2) is 6.41.